The molecule has 0 saturated heterocycles. The number of hydrogen-bond acceptors (Lipinski definition) is 5. The first-order valence-corrected chi connectivity index (χ1v) is 8.55. The number of carbonyl (C=O) groups is 3. The summed E-state index contributed by atoms with van der Waals surface area (Å²) in [5.41, 5.74) is 1.23. The predicted octanol–water partition coefficient (Wildman–Crippen LogP) is 3.29. The number of furan rings is 1. The molecule has 0 aliphatic carbocycles. The number of nitrogens with one attached hydrogen (secondary N) is 2. The highest BCUT2D eigenvalue weighted by Crippen LogP contribution is 2.31. The van der Waals surface area contributed by atoms with Gasteiger partial charge in [-0.25, -0.2) is 9.59 Å². The van der Waals surface area contributed by atoms with Crippen LogP contribution < -0.4 is 10.6 Å². The third-order valence-electron chi connectivity index (χ3n) is 4.02. The minimum Gasteiger partial charge on any atom is -0.450 e. The number of esters is 1. The molecule has 1 heterocycles. The van der Waals surface area contributed by atoms with E-state index in [2.05, 4.69) is 10.6 Å². The van der Waals surface area contributed by atoms with Gasteiger partial charge in [-0.2, -0.15) is 0 Å². The van der Waals surface area contributed by atoms with Crippen LogP contribution in [0.3, 0.4) is 0 Å². The average molecular weight is 368 g/mol. The highest BCUT2D eigenvalue weighted by molar-refractivity contribution is 6.08. The first kappa shape index (κ1) is 18.4. The fourth-order valence-electron chi connectivity index (χ4n) is 2.80. The average Bonchev–Trinajstić information content (AvgIpc) is 2.96. The minimum atomic E-state index is -0.757. The number of rotatable bonds is 4. The first-order valence-electron chi connectivity index (χ1n) is 8.55. The fraction of sp³-hybridized carbons (Fsp3) is 0.250. The van der Waals surface area contributed by atoms with Crippen LogP contribution in [0, 0.1) is 6.92 Å². The zero-order valence-corrected chi connectivity index (χ0v) is 15.3. The van der Waals surface area contributed by atoms with E-state index in [1.165, 1.54) is 0 Å². The molecule has 27 heavy (non-hydrogen) atoms. The van der Waals surface area contributed by atoms with Crippen molar-refractivity contribution in [2.45, 2.75) is 26.8 Å². The third-order valence-corrected chi connectivity index (χ3v) is 4.02. The van der Waals surface area contributed by atoms with E-state index >= 15 is 0 Å². The van der Waals surface area contributed by atoms with E-state index in [1.54, 1.807) is 20.8 Å². The van der Waals surface area contributed by atoms with E-state index in [9.17, 15) is 14.4 Å². The Bertz CT molecular complexity index is 1040. The van der Waals surface area contributed by atoms with Crippen molar-refractivity contribution in [1.82, 2.24) is 10.6 Å². The van der Waals surface area contributed by atoms with Crippen molar-refractivity contribution >= 4 is 39.6 Å². The maximum Gasteiger partial charge on any atom is 0.375 e. The van der Waals surface area contributed by atoms with Crippen molar-refractivity contribution in [3.63, 3.8) is 0 Å². The monoisotopic (exact) mass is 368 g/mol. The molecular weight excluding hydrogens is 348 g/mol. The molecule has 2 aromatic carbocycles. The van der Waals surface area contributed by atoms with E-state index < -0.39 is 24.5 Å². The fourth-order valence-corrected chi connectivity index (χ4v) is 2.80. The number of ether oxygens (including phenoxy) is 1. The summed E-state index contributed by atoms with van der Waals surface area (Å²) in [4.78, 5) is 35.5. The Morgan fingerprint density at radius 3 is 2.56 bits per heavy atom. The summed E-state index contributed by atoms with van der Waals surface area (Å²) in [6.45, 7) is 4.70. The molecule has 0 unspecified atom stereocenters. The molecule has 7 nitrogen and oxygen atoms in total. The molecule has 140 valence electrons. The van der Waals surface area contributed by atoms with Crippen molar-refractivity contribution in [3.8, 4) is 0 Å². The van der Waals surface area contributed by atoms with Gasteiger partial charge in [-0.05, 0) is 26.2 Å². The van der Waals surface area contributed by atoms with Crippen LogP contribution in [-0.4, -0.2) is 30.6 Å². The van der Waals surface area contributed by atoms with Crippen LogP contribution in [0.5, 0.6) is 0 Å². The highest BCUT2D eigenvalue weighted by atomic mass is 16.5. The Hall–Kier alpha value is -3.35. The molecule has 0 fully saturated rings. The quantitative estimate of drug-likeness (QED) is 0.689. The van der Waals surface area contributed by atoms with Gasteiger partial charge in [0.15, 0.2) is 6.61 Å². The van der Waals surface area contributed by atoms with Crippen molar-refractivity contribution in [3.05, 3.63) is 47.7 Å². The highest BCUT2D eigenvalue weighted by Gasteiger charge is 2.21. The van der Waals surface area contributed by atoms with Gasteiger partial charge in [-0.1, -0.05) is 36.4 Å². The molecule has 3 amide bonds. The van der Waals surface area contributed by atoms with Gasteiger partial charge in [-0.15, -0.1) is 0 Å². The number of urea groups is 1. The lowest BCUT2D eigenvalue weighted by Gasteiger charge is -2.09. The van der Waals surface area contributed by atoms with E-state index in [4.69, 9.17) is 9.15 Å². The standard InChI is InChI=1S/C20H20N2O5/c1-11(2)21-20(25)22-16(23)10-26-19(24)17-12(3)14-9-8-13-6-4-5-7-15(13)18(14)27-17/h4-9,11H,10H2,1-3H3,(H2,21,22,23,25). The molecule has 3 rings (SSSR count). The van der Waals surface area contributed by atoms with E-state index in [0.717, 1.165) is 16.2 Å². The van der Waals surface area contributed by atoms with Crippen molar-refractivity contribution in [1.29, 1.82) is 0 Å². The van der Waals surface area contributed by atoms with Crippen molar-refractivity contribution < 1.29 is 23.5 Å². The minimum absolute atomic E-state index is 0.0424. The molecule has 0 aliphatic rings. The zero-order chi connectivity index (χ0) is 19.6. The summed E-state index contributed by atoms with van der Waals surface area (Å²) < 4.78 is 10.7. The second-order valence-electron chi connectivity index (χ2n) is 6.47. The third kappa shape index (κ3) is 3.92. The Labute approximate surface area is 155 Å². The SMILES string of the molecule is Cc1c(C(=O)OCC(=O)NC(=O)NC(C)C)oc2c1ccc1ccccc12. The summed E-state index contributed by atoms with van der Waals surface area (Å²) in [5.74, 6) is -1.44. The summed E-state index contributed by atoms with van der Waals surface area (Å²) in [7, 11) is 0. The van der Waals surface area contributed by atoms with Crippen molar-refractivity contribution in [2.75, 3.05) is 6.61 Å². The molecule has 0 bridgehead atoms. The first-order chi connectivity index (χ1) is 12.9. The van der Waals surface area contributed by atoms with Gasteiger partial charge in [0.2, 0.25) is 5.76 Å². The molecule has 0 spiro atoms. The topological polar surface area (TPSA) is 97.6 Å². The number of amides is 3. The normalized spacial score (nSPS) is 11.0. The summed E-state index contributed by atoms with van der Waals surface area (Å²) >= 11 is 0. The number of carbonyl (C=O) groups excluding carboxylic acids is 3. The van der Waals surface area contributed by atoms with Crippen LogP contribution in [0.15, 0.2) is 40.8 Å². The van der Waals surface area contributed by atoms with Gasteiger partial charge in [0.25, 0.3) is 5.91 Å². The molecule has 1 aromatic heterocycles. The van der Waals surface area contributed by atoms with E-state index in [0.29, 0.717) is 11.1 Å². The molecule has 0 saturated carbocycles. The van der Waals surface area contributed by atoms with Crippen LogP contribution in [0.1, 0.15) is 30.0 Å². The van der Waals surface area contributed by atoms with E-state index in [1.807, 2.05) is 36.4 Å². The van der Waals surface area contributed by atoms with Gasteiger partial charge >= 0.3 is 12.0 Å². The van der Waals surface area contributed by atoms with Crippen LogP contribution >= 0.6 is 0 Å². The largest absolute Gasteiger partial charge is 0.450 e. The molecule has 0 atom stereocenters. The Morgan fingerprint density at radius 1 is 1.07 bits per heavy atom. The zero-order valence-electron chi connectivity index (χ0n) is 15.3. The van der Waals surface area contributed by atoms with E-state index in [-0.39, 0.29) is 11.8 Å². The van der Waals surface area contributed by atoms with Crippen LogP contribution in [0.4, 0.5) is 4.79 Å². The van der Waals surface area contributed by atoms with Crippen LogP contribution in [0.25, 0.3) is 21.7 Å². The maximum atomic E-state index is 12.3. The summed E-state index contributed by atoms with van der Waals surface area (Å²) in [6.07, 6.45) is 0. The number of benzene rings is 2. The van der Waals surface area contributed by atoms with Gasteiger partial charge in [-0.3, -0.25) is 10.1 Å². The lowest BCUT2D eigenvalue weighted by atomic mass is 10.1. The molecule has 3 aromatic rings. The molecule has 0 radical (unpaired) electrons. The number of hydrogen-bond donors (Lipinski definition) is 2. The summed E-state index contributed by atoms with van der Waals surface area (Å²) in [6, 6.07) is 10.8. The maximum absolute atomic E-state index is 12.3. The van der Waals surface area contributed by atoms with Crippen LogP contribution in [0.2, 0.25) is 0 Å². The Balaban J connectivity index is 1.74. The molecular formula is C20H20N2O5. The Kier molecular flexibility index (Phi) is 5.12. The second-order valence-corrected chi connectivity index (χ2v) is 6.47. The lowest BCUT2D eigenvalue weighted by molar-refractivity contribution is -0.123. The summed E-state index contributed by atoms with van der Waals surface area (Å²) in [5, 5.41) is 7.28. The van der Waals surface area contributed by atoms with Crippen LogP contribution in [-0.2, 0) is 9.53 Å². The van der Waals surface area contributed by atoms with Gasteiger partial charge in [0.1, 0.15) is 5.58 Å². The number of imide groups is 1. The smallest absolute Gasteiger partial charge is 0.375 e. The predicted molar refractivity (Wildman–Crippen MR) is 101 cm³/mol. The lowest BCUT2D eigenvalue weighted by Crippen LogP contribution is -2.44. The molecule has 7 heteroatoms. The molecule has 2 N–H and O–H groups in total. The second kappa shape index (κ2) is 7.49. The number of aryl methyl sites for hydroxylation is 1. The molecule has 0 aliphatic heterocycles. The number of fused-ring (bicyclic) bond motifs is 3. The van der Waals surface area contributed by atoms with Gasteiger partial charge < -0.3 is 14.5 Å². The van der Waals surface area contributed by atoms with Gasteiger partial charge in [0, 0.05) is 22.4 Å². The Morgan fingerprint density at radius 2 is 1.81 bits per heavy atom. The van der Waals surface area contributed by atoms with Crippen molar-refractivity contribution in [2.24, 2.45) is 0 Å². The van der Waals surface area contributed by atoms with Gasteiger partial charge in [0.05, 0.1) is 0 Å².